The molecule has 1 N–H and O–H groups in total. The molecule has 1 fully saturated rings. The second-order valence-electron chi connectivity index (χ2n) is 5.25. The van der Waals surface area contributed by atoms with Crippen LogP contribution in [0.5, 0.6) is 0 Å². The lowest BCUT2D eigenvalue weighted by molar-refractivity contribution is 0.0693. The van der Waals surface area contributed by atoms with Crippen molar-refractivity contribution in [2.45, 2.75) is 48.7 Å². The predicted octanol–water partition coefficient (Wildman–Crippen LogP) is 2.95. The van der Waals surface area contributed by atoms with E-state index in [2.05, 4.69) is 15.5 Å². The highest BCUT2D eigenvalue weighted by molar-refractivity contribution is 7.99. The molecule has 0 aliphatic heterocycles. The Labute approximate surface area is 126 Å². The molecule has 1 saturated carbocycles. The zero-order chi connectivity index (χ0) is 14.8. The maximum atomic E-state index is 11.4. The molecule has 0 unspecified atom stereocenters. The van der Waals surface area contributed by atoms with E-state index < -0.39 is 5.97 Å². The van der Waals surface area contributed by atoms with Gasteiger partial charge in [0.1, 0.15) is 0 Å². The summed E-state index contributed by atoms with van der Waals surface area (Å²) in [7, 11) is 0. The van der Waals surface area contributed by atoms with Crippen LogP contribution < -0.4 is 0 Å². The van der Waals surface area contributed by atoms with Crippen LogP contribution in [-0.2, 0) is 0 Å². The first-order chi connectivity index (χ1) is 10.1. The molecule has 0 radical (unpaired) electrons. The fourth-order valence-electron chi connectivity index (χ4n) is 2.63. The molecule has 1 aliphatic rings. The topological polar surface area (TPSA) is 80.9 Å². The summed E-state index contributed by atoms with van der Waals surface area (Å²) in [5, 5.41) is 21.9. The number of benzene rings is 1. The van der Waals surface area contributed by atoms with Crippen LogP contribution in [0.15, 0.2) is 28.3 Å². The van der Waals surface area contributed by atoms with E-state index in [1.54, 1.807) is 6.07 Å². The SMILES string of the molecule is Cc1ccc(Sc2nnnn2C2CCCC2)c(C(=O)O)c1. The zero-order valence-electron chi connectivity index (χ0n) is 11.7. The van der Waals surface area contributed by atoms with Crippen molar-refractivity contribution in [2.24, 2.45) is 0 Å². The minimum absolute atomic E-state index is 0.293. The molecule has 2 aromatic rings. The molecule has 1 aliphatic carbocycles. The van der Waals surface area contributed by atoms with Crippen LogP contribution in [0, 0.1) is 6.92 Å². The minimum Gasteiger partial charge on any atom is -0.478 e. The molecule has 110 valence electrons. The lowest BCUT2D eigenvalue weighted by atomic mass is 10.1. The van der Waals surface area contributed by atoms with Gasteiger partial charge in [-0.25, -0.2) is 9.48 Å². The lowest BCUT2D eigenvalue weighted by Crippen LogP contribution is -2.08. The summed E-state index contributed by atoms with van der Waals surface area (Å²) in [6.45, 7) is 1.88. The van der Waals surface area contributed by atoms with E-state index in [-0.39, 0.29) is 0 Å². The molecule has 1 aromatic carbocycles. The van der Waals surface area contributed by atoms with E-state index in [0.717, 1.165) is 18.4 Å². The Morgan fingerprint density at radius 2 is 2.14 bits per heavy atom. The van der Waals surface area contributed by atoms with Crippen LogP contribution in [0.1, 0.15) is 47.6 Å². The van der Waals surface area contributed by atoms with Crippen molar-refractivity contribution in [1.82, 2.24) is 20.2 Å². The Morgan fingerprint density at radius 3 is 2.86 bits per heavy atom. The van der Waals surface area contributed by atoms with Crippen molar-refractivity contribution >= 4 is 17.7 Å². The van der Waals surface area contributed by atoms with E-state index in [1.165, 1.54) is 24.6 Å². The average molecular weight is 304 g/mol. The van der Waals surface area contributed by atoms with Crippen LogP contribution in [0.4, 0.5) is 0 Å². The molecular weight excluding hydrogens is 288 g/mol. The van der Waals surface area contributed by atoms with E-state index in [9.17, 15) is 9.90 Å². The fraction of sp³-hybridized carbons (Fsp3) is 0.429. The zero-order valence-corrected chi connectivity index (χ0v) is 12.5. The molecule has 3 rings (SSSR count). The summed E-state index contributed by atoms with van der Waals surface area (Å²) in [6.07, 6.45) is 4.55. The number of hydrogen-bond acceptors (Lipinski definition) is 5. The summed E-state index contributed by atoms with van der Waals surface area (Å²) in [6, 6.07) is 5.73. The van der Waals surface area contributed by atoms with Gasteiger partial charge in [0.25, 0.3) is 0 Å². The minimum atomic E-state index is -0.930. The Morgan fingerprint density at radius 1 is 1.38 bits per heavy atom. The highest BCUT2D eigenvalue weighted by Crippen LogP contribution is 2.35. The van der Waals surface area contributed by atoms with Gasteiger partial charge in [-0.3, -0.25) is 0 Å². The van der Waals surface area contributed by atoms with Crippen LogP contribution in [0.2, 0.25) is 0 Å². The number of aromatic carboxylic acids is 1. The van der Waals surface area contributed by atoms with Gasteiger partial charge in [0.2, 0.25) is 5.16 Å². The average Bonchev–Trinajstić information content (AvgIpc) is 3.11. The molecular formula is C14H16N4O2S. The second-order valence-corrected chi connectivity index (χ2v) is 6.26. The first-order valence-corrected chi connectivity index (χ1v) is 7.76. The highest BCUT2D eigenvalue weighted by atomic mass is 32.2. The van der Waals surface area contributed by atoms with Gasteiger partial charge in [-0.15, -0.1) is 5.10 Å². The number of tetrazole rings is 1. The van der Waals surface area contributed by atoms with Crippen molar-refractivity contribution in [3.63, 3.8) is 0 Å². The number of nitrogens with zero attached hydrogens (tertiary/aromatic N) is 4. The Kier molecular flexibility index (Phi) is 3.92. The van der Waals surface area contributed by atoms with Gasteiger partial charge in [-0.2, -0.15) is 0 Å². The molecule has 0 amide bonds. The molecule has 0 spiro atoms. The summed E-state index contributed by atoms with van der Waals surface area (Å²) < 4.78 is 1.84. The van der Waals surface area contributed by atoms with Crippen LogP contribution >= 0.6 is 11.8 Å². The number of carboxylic acids is 1. The third-order valence-corrected chi connectivity index (χ3v) is 4.73. The fourth-order valence-corrected chi connectivity index (χ4v) is 3.57. The molecule has 1 heterocycles. The van der Waals surface area contributed by atoms with E-state index in [1.807, 2.05) is 23.7 Å². The third-order valence-electron chi connectivity index (χ3n) is 3.70. The van der Waals surface area contributed by atoms with Gasteiger partial charge in [-0.1, -0.05) is 24.5 Å². The summed E-state index contributed by atoms with van der Waals surface area (Å²) >= 11 is 1.32. The van der Waals surface area contributed by atoms with Crippen LogP contribution in [0.25, 0.3) is 0 Å². The van der Waals surface area contributed by atoms with Crippen LogP contribution in [-0.4, -0.2) is 31.3 Å². The number of aromatic nitrogens is 4. The molecule has 21 heavy (non-hydrogen) atoms. The number of aryl methyl sites for hydroxylation is 1. The van der Waals surface area contributed by atoms with Gasteiger partial charge in [-0.05, 0) is 54.1 Å². The van der Waals surface area contributed by atoms with Crippen molar-refractivity contribution in [3.8, 4) is 0 Å². The molecule has 1 aromatic heterocycles. The van der Waals surface area contributed by atoms with Gasteiger partial charge >= 0.3 is 5.97 Å². The maximum Gasteiger partial charge on any atom is 0.336 e. The lowest BCUT2D eigenvalue weighted by Gasteiger charge is -2.11. The monoisotopic (exact) mass is 304 g/mol. The quantitative estimate of drug-likeness (QED) is 0.935. The predicted molar refractivity (Wildman–Crippen MR) is 77.6 cm³/mol. The molecule has 0 atom stereocenters. The molecule has 0 bridgehead atoms. The smallest absolute Gasteiger partial charge is 0.336 e. The summed E-state index contributed by atoms with van der Waals surface area (Å²) in [5.74, 6) is -0.930. The number of rotatable bonds is 4. The van der Waals surface area contributed by atoms with Gasteiger partial charge in [0, 0.05) is 4.90 Å². The van der Waals surface area contributed by atoms with Crippen LogP contribution in [0.3, 0.4) is 0 Å². The van der Waals surface area contributed by atoms with Crippen molar-refractivity contribution < 1.29 is 9.90 Å². The molecule has 6 nitrogen and oxygen atoms in total. The summed E-state index contributed by atoms with van der Waals surface area (Å²) in [5.41, 5.74) is 1.22. The third kappa shape index (κ3) is 2.92. The van der Waals surface area contributed by atoms with Crippen molar-refractivity contribution in [3.05, 3.63) is 29.3 Å². The number of carbonyl (C=O) groups is 1. The van der Waals surface area contributed by atoms with Crippen molar-refractivity contribution in [1.29, 1.82) is 0 Å². The summed E-state index contributed by atoms with van der Waals surface area (Å²) in [4.78, 5) is 12.0. The first-order valence-electron chi connectivity index (χ1n) is 6.95. The van der Waals surface area contributed by atoms with Gasteiger partial charge in [0.05, 0.1) is 11.6 Å². The largest absolute Gasteiger partial charge is 0.478 e. The van der Waals surface area contributed by atoms with E-state index in [4.69, 9.17) is 0 Å². The van der Waals surface area contributed by atoms with E-state index in [0.29, 0.717) is 21.7 Å². The molecule has 7 heteroatoms. The number of hydrogen-bond donors (Lipinski definition) is 1. The number of carboxylic acid groups (broad SMARTS) is 1. The second kappa shape index (κ2) is 5.85. The Balaban J connectivity index is 1.91. The molecule has 0 saturated heterocycles. The van der Waals surface area contributed by atoms with Gasteiger partial charge in [0.15, 0.2) is 0 Å². The first kappa shape index (κ1) is 14.1. The Hall–Kier alpha value is -1.89. The van der Waals surface area contributed by atoms with Gasteiger partial charge < -0.3 is 5.11 Å². The Bertz CT molecular complexity index is 665. The maximum absolute atomic E-state index is 11.4. The van der Waals surface area contributed by atoms with E-state index >= 15 is 0 Å². The standard InChI is InChI=1S/C14H16N4O2S/c1-9-6-7-12(11(8-9)13(19)20)21-14-15-16-17-18(14)10-4-2-3-5-10/h6-8,10H,2-5H2,1H3,(H,19,20). The van der Waals surface area contributed by atoms with Crippen molar-refractivity contribution in [2.75, 3.05) is 0 Å². The normalized spacial score (nSPS) is 15.5. The highest BCUT2D eigenvalue weighted by Gasteiger charge is 2.23.